The molecular formula is C25H30ClNO5S. The second-order valence-electron chi connectivity index (χ2n) is 9.92. The highest BCUT2D eigenvalue weighted by atomic mass is 35.5. The molecule has 0 heterocycles. The number of carboxylic acids is 1. The van der Waals surface area contributed by atoms with Crippen molar-refractivity contribution in [2.45, 2.75) is 65.0 Å². The van der Waals surface area contributed by atoms with E-state index in [1.807, 2.05) is 6.92 Å². The van der Waals surface area contributed by atoms with E-state index in [-0.39, 0.29) is 10.6 Å². The van der Waals surface area contributed by atoms with Gasteiger partial charge in [-0.05, 0) is 63.6 Å². The molecule has 8 heteroatoms. The van der Waals surface area contributed by atoms with Crippen molar-refractivity contribution in [3.63, 3.8) is 0 Å². The first-order valence-corrected chi connectivity index (χ1v) is 12.2. The van der Waals surface area contributed by atoms with Gasteiger partial charge in [0.1, 0.15) is 5.75 Å². The summed E-state index contributed by atoms with van der Waals surface area (Å²) in [7, 11) is -3.73. The SMILES string of the molecule is Cc1ccc(S(=O)(=O)NC(C)(C)C)cc1C#Cc1cc(Cl)ccc1OC(C(=O)O)C(C)(C)C. The van der Waals surface area contributed by atoms with E-state index >= 15 is 0 Å². The van der Waals surface area contributed by atoms with Crippen molar-refractivity contribution in [3.05, 3.63) is 58.1 Å². The lowest BCUT2D eigenvalue weighted by molar-refractivity contribution is -0.150. The van der Waals surface area contributed by atoms with Crippen molar-refractivity contribution in [2.75, 3.05) is 0 Å². The number of carbonyl (C=O) groups is 1. The maximum atomic E-state index is 12.7. The highest BCUT2D eigenvalue weighted by Gasteiger charge is 2.34. The van der Waals surface area contributed by atoms with E-state index in [1.165, 1.54) is 12.1 Å². The lowest BCUT2D eigenvalue weighted by atomic mass is 9.89. The quantitative estimate of drug-likeness (QED) is 0.574. The van der Waals surface area contributed by atoms with Gasteiger partial charge in [-0.1, -0.05) is 50.3 Å². The molecule has 1 atom stereocenters. The fourth-order valence-electron chi connectivity index (χ4n) is 2.93. The molecular weight excluding hydrogens is 462 g/mol. The van der Waals surface area contributed by atoms with Gasteiger partial charge in [-0.15, -0.1) is 0 Å². The van der Waals surface area contributed by atoms with Crippen LogP contribution in [0, 0.1) is 24.2 Å². The van der Waals surface area contributed by atoms with Gasteiger partial charge in [0.25, 0.3) is 0 Å². The van der Waals surface area contributed by atoms with Gasteiger partial charge in [-0.2, -0.15) is 0 Å². The number of benzene rings is 2. The molecule has 0 aromatic heterocycles. The Morgan fingerprint density at radius 1 is 1.03 bits per heavy atom. The number of nitrogens with one attached hydrogen (secondary N) is 1. The molecule has 33 heavy (non-hydrogen) atoms. The number of rotatable bonds is 5. The summed E-state index contributed by atoms with van der Waals surface area (Å²) in [5.41, 5.74) is 0.424. The Bertz CT molecular complexity index is 1210. The molecule has 0 fully saturated rings. The van der Waals surface area contributed by atoms with E-state index in [1.54, 1.807) is 65.8 Å². The number of hydrogen-bond donors (Lipinski definition) is 2. The first-order chi connectivity index (χ1) is 15.0. The first kappa shape index (κ1) is 26.7. The van der Waals surface area contributed by atoms with Gasteiger partial charge in [-0.3, -0.25) is 0 Å². The van der Waals surface area contributed by atoms with Crippen molar-refractivity contribution in [1.29, 1.82) is 0 Å². The smallest absolute Gasteiger partial charge is 0.345 e. The minimum absolute atomic E-state index is 0.105. The molecule has 0 spiro atoms. The first-order valence-electron chi connectivity index (χ1n) is 10.4. The molecule has 2 aromatic carbocycles. The summed E-state index contributed by atoms with van der Waals surface area (Å²) in [6.07, 6.45) is -1.10. The standard InChI is InChI=1S/C25H30ClNO5S/c1-16-8-12-20(33(30,31)27-25(5,6)7)15-17(16)9-10-18-14-19(26)11-13-21(18)32-22(23(28)29)24(2,3)4/h8,11-15,22,27H,1-7H3,(H,28,29). The number of aliphatic carboxylic acids is 1. The highest BCUT2D eigenvalue weighted by Crippen LogP contribution is 2.29. The van der Waals surface area contributed by atoms with Crippen LogP contribution in [0.15, 0.2) is 41.3 Å². The van der Waals surface area contributed by atoms with Crippen LogP contribution in [0.1, 0.15) is 58.2 Å². The predicted octanol–water partition coefficient (Wildman–Crippen LogP) is 5.00. The van der Waals surface area contributed by atoms with Crippen LogP contribution in [0.2, 0.25) is 5.02 Å². The average Bonchev–Trinajstić information content (AvgIpc) is 2.63. The molecule has 2 N–H and O–H groups in total. The second-order valence-corrected chi connectivity index (χ2v) is 12.0. The Morgan fingerprint density at radius 2 is 1.64 bits per heavy atom. The summed E-state index contributed by atoms with van der Waals surface area (Å²) < 4.78 is 33.9. The van der Waals surface area contributed by atoms with Crippen LogP contribution < -0.4 is 9.46 Å². The Balaban J connectivity index is 2.50. The number of carboxylic acid groups (broad SMARTS) is 1. The van der Waals surface area contributed by atoms with E-state index < -0.39 is 33.1 Å². The molecule has 1 unspecified atom stereocenters. The highest BCUT2D eigenvalue weighted by molar-refractivity contribution is 7.89. The van der Waals surface area contributed by atoms with Crippen LogP contribution in [0.3, 0.4) is 0 Å². The third-order valence-corrected chi connectivity index (χ3v) is 6.48. The molecule has 0 saturated carbocycles. The van der Waals surface area contributed by atoms with Crippen LogP contribution in [0.5, 0.6) is 5.75 Å². The van der Waals surface area contributed by atoms with Crippen molar-refractivity contribution in [2.24, 2.45) is 5.41 Å². The largest absolute Gasteiger partial charge is 0.478 e. The van der Waals surface area contributed by atoms with Gasteiger partial charge in [0.15, 0.2) is 6.10 Å². The Hall–Kier alpha value is -2.53. The molecule has 0 aliphatic rings. The summed E-state index contributed by atoms with van der Waals surface area (Å²) >= 11 is 6.14. The number of sulfonamides is 1. The van der Waals surface area contributed by atoms with Gasteiger partial charge in [0.2, 0.25) is 10.0 Å². The van der Waals surface area contributed by atoms with E-state index in [4.69, 9.17) is 16.3 Å². The zero-order valence-electron chi connectivity index (χ0n) is 19.9. The van der Waals surface area contributed by atoms with Crippen LogP contribution in [-0.4, -0.2) is 31.1 Å². The Morgan fingerprint density at radius 3 is 2.18 bits per heavy atom. The van der Waals surface area contributed by atoms with Crippen LogP contribution >= 0.6 is 11.6 Å². The molecule has 0 aliphatic carbocycles. The molecule has 0 amide bonds. The minimum atomic E-state index is -3.73. The average molecular weight is 492 g/mol. The number of ether oxygens (including phenoxy) is 1. The van der Waals surface area contributed by atoms with Crippen molar-refractivity contribution in [3.8, 4) is 17.6 Å². The maximum absolute atomic E-state index is 12.7. The summed E-state index contributed by atoms with van der Waals surface area (Å²) in [6.45, 7) is 12.4. The zero-order valence-corrected chi connectivity index (χ0v) is 21.5. The molecule has 0 aliphatic heterocycles. The summed E-state index contributed by atoms with van der Waals surface area (Å²) in [5, 5.41) is 10.0. The lowest BCUT2D eigenvalue weighted by Gasteiger charge is -2.28. The van der Waals surface area contributed by atoms with E-state index in [0.29, 0.717) is 16.1 Å². The van der Waals surface area contributed by atoms with Gasteiger partial charge in [0.05, 0.1) is 10.5 Å². The van der Waals surface area contributed by atoms with Gasteiger partial charge in [0, 0.05) is 21.5 Å². The molecule has 178 valence electrons. The Kier molecular flexibility index (Phi) is 7.90. The van der Waals surface area contributed by atoms with Crippen LogP contribution in [0.4, 0.5) is 0 Å². The molecule has 2 rings (SSSR count). The normalized spacial score (nSPS) is 13.1. The zero-order chi connectivity index (χ0) is 25.2. The second kappa shape index (κ2) is 9.76. The topological polar surface area (TPSA) is 92.7 Å². The fraction of sp³-hybridized carbons (Fsp3) is 0.400. The van der Waals surface area contributed by atoms with E-state index in [0.717, 1.165) is 5.56 Å². The monoisotopic (exact) mass is 491 g/mol. The predicted molar refractivity (Wildman–Crippen MR) is 130 cm³/mol. The minimum Gasteiger partial charge on any atom is -0.478 e. The number of hydrogen-bond acceptors (Lipinski definition) is 4. The van der Waals surface area contributed by atoms with Gasteiger partial charge >= 0.3 is 5.97 Å². The molecule has 0 saturated heterocycles. The lowest BCUT2D eigenvalue weighted by Crippen LogP contribution is -2.40. The summed E-state index contributed by atoms with van der Waals surface area (Å²) in [4.78, 5) is 11.8. The van der Waals surface area contributed by atoms with Crippen LogP contribution in [0.25, 0.3) is 0 Å². The van der Waals surface area contributed by atoms with Crippen LogP contribution in [-0.2, 0) is 14.8 Å². The summed E-state index contributed by atoms with van der Waals surface area (Å²) in [6, 6.07) is 9.49. The van der Waals surface area contributed by atoms with Crippen molar-refractivity contribution >= 4 is 27.6 Å². The van der Waals surface area contributed by atoms with E-state index in [9.17, 15) is 18.3 Å². The van der Waals surface area contributed by atoms with Crippen molar-refractivity contribution in [1.82, 2.24) is 4.72 Å². The van der Waals surface area contributed by atoms with E-state index in [2.05, 4.69) is 16.6 Å². The fourth-order valence-corrected chi connectivity index (χ4v) is 4.54. The third-order valence-electron chi connectivity index (χ3n) is 4.49. The van der Waals surface area contributed by atoms with Gasteiger partial charge < -0.3 is 9.84 Å². The third kappa shape index (κ3) is 7.50. The molecule has 6 nitrogen and oxygen atoms in total. The number of halogens is 1. The molecule has 2 aromatic rings. The Labute approximate surface area is 201 Å². The molecule has 0 bridgehead atoms. The number of aryl methyl sites for hydroxylation is 1. The van der Waals surface area contributed by atoms with Gasteiger partial charge in [-0.25, -0.2) is 17.9 Å². The van der Waals surface area contributed by atoms with Crippen molar-refractivity contribution < 1.29 is 23.1 Å². The summed E-state index contributed by atoms with van der Waals surface area (Å²) in [5.74, 6) is 5.15. The molecule has 0 radical (unpaired) electrons. The maximum Gasteiger partial charge on any atom is 0.345 e.